The number of nitrogen functional groups attached to an aromatic ring is 1. The number of benzene rings is 1. The van der Waals surface area contributed by atoms with Crippen LogP contribution in [-0.4, -0.2) is 57.4 Å². The van der Waals surface area contributed by atoms with Crippen LogP contribution in [0.2, 0.25) is 5.02 Å². The van der Waals surface area contributed by atoms with Crippen molar-refractivity contribution in [2.45, 2.75) is 6.92 Å². The third-order valence-electron chi connectivity index (χ3n) is 5.17. The van der Waals surface area contributed by atoms with Crippen molar-refractivity contribution in [1.82, 2.24) is 24.6 Å². The summed E-state index contributed by atoms with van der Waals surface area (Å²) in [6, 6.07) is 6.45. The van der Waals surface area contributed by atoms with E-state index in [2.05, 4.69) is 37.0 Å². The lowest BCUT2D eigenvalue weighted by Gasteiger charge is -2.35. The smallest absolute Gasteiger partial charge is 0.221 e. The molecule has 0 atom stereocenters. The van der Waals surface area contributed by atoms with E-state index in [0.717, 1.165) is 49.7 Å². The molecule has 0 amide bonds. The Hall–Kier alpha value is -2.97. The molecule has 1 aromatic carbocycles. The van der Waals surface area contributed by atoms with Crippen LogP contribution >= 0.6 is 11.6 Å². The minimum Gasteiger partial charge on any atom is -0.369 e. The molecule has 7 nitrogen and oxygen atoms in total. The lowest BCUT2D eigenvalue weighted by atomic mass is 10.2. The number of halogens is 2. The van der Waals surface area contributed by atoms with E-state index in [1.54, 1.807) is 16.9 Å². The van der Waals surface area contributed by atoms with Gasteiger partial charge in [-0.05, 0) is 25.1 Å². The number of nitrogens with two attached hydrogens (primary N) is 1. The monoisotopic (exact) mass is 427 g/mol. The van der Waals surface area contributed by atoms with Gasteiger partial charge in [0, 0.05) is 61.3 Å². The van der Waals surface area contributed by atoms with Crippen molar-refractivity contribution in [3.05, 3.63) is 64.8 Å². The zero-order valence-electron chi connectivity index (χ0n) is 16.7. The Labute approximate surface area is 179 Å². The summed E-state index contributed by atoms with van der Waals surface area (Å²) in [7, 11) is 0. The highest BCUT2D eigenvalue weighted by Crippen LogP contribution is 2.23. The van der Waals surface area contributed by atoms with Gasteiger partial charge in [0.25, 0.3) is 0 Å². The number of hydrogen-bond acceptors (Lipinski definition) is 6. The molecule has 0 aliphatic carbocycles. The standard InChI is InChI=1S/C21H23ClFN7/c1-15-16(14-26-30(15)20-4-5-25-21(24)27-20)3-2-6-28-7-9-29(10-8-28)19-12-17(22)11-18(23)13-19/h2-5,11-14H,6-10H2,1H3,(H2,24,25,27). The normalized spacial score (nSPS) is 15.2. The minimum atomic E-state index is -0.302. The average Bonchev–Trinajstić information content (AvgIpc) is 3.08. The second-order valence-corrected chi connectivity index (χ2v) is 7.62. The van der Waals surface area contributed by atoms with Gasteiger partial charge in [0.15, 0.2) is 5.82 Å². The van der Waals surface area contributed by atoms with Crippen molar-refractivity contribution < 1.29 is 4.39 Å². The first-order valence-corrected chi connectivity index (χ1v) is 10.1. The maximum atomic E-state index is 13.6. The quantitative estimate of drug-likeness (QED) is 0.674. The molecule has 1 aliphatic rings. The summed E-state index contributed by atoms with van der Waals surface area (Å²) in [4.78, 5) is 12.6. The number of piperazine rings is 1. The van der Waals surface area contributed by atoms with Crippen LogP contribution in [0.5, 0.6) is 0 Å². The molecule has 2 aromatic heterocycles. The van der Waals surface area contributed by atoms with Gasteiger partial charge in [-0.15, -0.1) is 0 Å². The molecule has 0 bridgehead atoms. The average molecular weight is 428 g/mol. The van der Waals surface area contributed by atoms with Crippen molar-refractivity contribution >= 4 is 29.3 Å². The molecule has 0 spiro atoms. The van der Waals surface area contributed by atoms with E-state index in [9.17, 15) is 4.39 Å². The predicted molar refractivity (Wildman–Crippen MR) is 117 cm³/mol. The van der Waals surface area contributed by atoms with Crippen LogP contribution in [0.1, 0.15) is 11.3 Å². The van der Waals surface area contributed by atoms with E-state index in [4.69, 9.17) is 17.3 Å². The first kappa shape index (κ1) is 20.3. The van der Waals surface area contributed by atoms with E-state index in [1.807, 2.05) is 19.2 Å². The summed E-state index contributed by atoms with van der Waals surface area (Å²) in [5.74, 6) is 0.566. The van der Waals surface area contributed by atoms with Gasteiger partial charge < -0.3 is 10.6 Å². The first-order valence-electron chi connectivity index (χ1n) is 9.73. The fraction of sp³-hybridized carbons (Fsp3) is 0.286. The fourth-order valence-corrected chi connectivity index (χ4v) is 3.75. The molecule has 2 N–H and O–H groups in total. The topological polar surface area (TPSA) is 76.1 Å². The van der Waals surface area contributed by atoms with E-state index in [0.29, 0.717) is 10.8 Å². The lowest BCUT2D eigenvalue weighted by Crippen LogP contribution is -2.46. The van der Waals surface area contributed by atoms with Gasteiger partial charge in [-0.1, -0.05) is 23.8 Å². The van der Waals surface area contributed by atoms with Crippen molar-refractivity contribution in [2.24, 2.45) is 0 Å². The fourth-order valence-electron chi connectivity index (χ4n) is 3.54. The number of nitrogens with zero attached hydrogens (tertiary/aromatic N) is 6. The minimum absolute atomic E-state index is 0.221. The number of hydrogen-bond donors (Lipinski definition) is 1. The maximum absolute atomic E-state index is 13.6. The number of aromatic nitrogens is 4. The molecule has 1 fully saturated rings. The Morgan fingerprint density at radius 2 is 2.00 bits per heavy atom. The zero-order valence-corrected chi connectivity index (χ0v) is 17.4. The molecule has 30 heavy (non-hydrogen) atoms. The summed E-state index contributed by atoms with van der Waals surface area (Å²) >= 11 is 5.98. The predicted octanol–water partition coefficient (Wildman–Crippen LogP) is 3.18. The van der Waals surface area contributed by atoms with E-state index in [-0.39, 0.29) is 11.8 Å². The third-order valence-corrected chi connectivity index (χ3v) is 5.39. The van der Waals surface area contributed by atoms with Gasteiger partial charge in [0.05, 0.1) is 11.9 Å². The molecule has 0 unspecified atom stereocenters. The van der Waals surface area contributed by atoms with Crippen LogP contribution in [0.3, 0.4) is 0 Å². The van der Waals surface area contributed by atoms with E-state index >= 15 is 0 Å². The molecule has 4 rings (SSSR count). The second kappa shape index (κ2) is 8.81. The summed E-state index contributed by atoms with van der Waals surface area (Å²) in [5.41, 5.74) is 8.51. The second-order valence-electron chi connectivity index (χ2n) is 7.19. The highest BCUT2D eigenvalue weighted by molar-refractivity contribution is 6.30. The summed E-state index contributed by atoms with van der Waals surface area (Å²) in [5, 5.41) is 4.83. The summed E-state index contributed by atoms with van der Waals surface area (Å²) < 4.78 is 15.3. The van der Waals surface area contributed by atoms with Crippen molar-refractivity contribution in [3.8, 4) is 5.82 Å². The van der Waals surface area contributed by atoms with Crippen LogP contribution in [0.25, 0.3) is 11.9 Å². The van der Waals surface area contributed by atoms with Gasteiger partial charge in [0.2, 0.25) is 5.95 Å². The number of anilines is 2. The third kappa shape index (κ3) is 4.60. The Balaban J connectivity index is 1.34. The zero-order chi connectivity index (χ0) is 21.1. The SMILES string of the molecule is Cc1c(C=CCN2CCN(c3cc(F)cc(Cl)c3)CC2)cnn1-c1ccnc(N)n1. The van der Waals surface area contributed by atoms with E-state index in [1.165, 1.54) is 12.1 Å². The summed E-state index contributed by atoms with van der Waals surface area (Å²) in [6.45, 7) is 6.30. The first-order chi connectivity index (χ1) is 14.5. The van der Waals surface area contributed by atoms with Crippen LogP contribution in [0.15, 0.2) is 42.7 Å². The Morgan fingerprint density at radius 3 is 2.73 bits per heavy atom. The van der Waals surface area contributed by atoms with E-state index < -0.39 is 0 Å². The molecular formula is C21H23ClFN7. The largest absolute Gasteiger partial charge is 0.369 e. The molecule has 156 valence electrons. The molecule has 1 aliphatic heterocycles. The molecular weight excluding hydrogens is 405 g/mol. The Morgan fingerprint density at radius 1 is 1.20 bits per heavy atom. The highest BCUT2D eigenvalue weighted by atomic mass is 35.5. The van der Waals surface area contributed by atoms with Gasteiger partial charge >= 0.3 is 0 Å². The van der Waals surface area contributed by atoms with Crippen LogP contribution in [-0.2, 0) is 0 Å². The van der Waals surface area contributed by atoms with Gasteiger partial charge in [-0.2, -0.15) is 10.1 Å². The van der Waals surface area contributed by atoms with Crippen LogP contribution in [0.4, 0.5) is 16.0 Å². The van der Waals surface area contributed by atoms with Gasteiger partial charge in [0.1, 0.15) is 5.82 Å². The Kier molecular flexibility index (Phi) is 5.96. The highest BCUT2D eigenvalue weighted by Gasteiger charge is 2.17. The van der Waals surface area contributed by atoms with Crippen molar-refractivity contribution in [1.29, 1.82) is 0 Å². The van der Waals surface area contributed by atoms with Crippen LogP contribution < -0.4 is 10.6 Å². The molecule has 1 saturated heterocycles. The van der Waals surface area contributed by atoms with Crippen molar-refractivity contribution in [3.63, 3.8) is 0 Å². The summed E-state index contributed by atoms with van der Waals surface area (Å²) in [6.07, 6.45) is 7.64. The van der Waals surface area contributed by atoms with Crippen molar-refractivity contribution in [2.75, 3.05) is 43.4 Å². The maximum Gasteiger partial charge on any atom is 0.221 e. The Bertz CT molecular complexity index is 1040. The van der Waals surface area contributed by atoms with Gasteiger partial charge in [-0.25, -0.2) is 14.1 Å². The molecule has 0 radical (unpaired) electrons. The van der Waals surface area contributed by atoms with Gasteiger partial charge in [-0.3, -0.25) is 4.90 Å². The number of rotatable bonds is 5. The molecule has 0 saturated carbocycles. The van der Waals surface area contributed by atoms with Crippen LogP contribution in [0, 0.1) is 12.7 Å². The lowest BCUT2D eigenvalue weighted by molar-refractivity contribution is 0.284. The molecule has 9 heteroatoms. The molecule has 3 heterocycles. The molecule has 3 aromatic rings.